The van der Waals surface area contributed by atoms with Gasteiger partial charge in [-0.1, -0.05) is 24.3 Å². The van der Waals surface area contributed by atoms with E-state index in [-0.39, 0.29) is 0 Å². The molecule has 1 fully saturated rings. The average Bonchev–Trinajstić information content (AvgIpc) is 2.77. The number of likely N-dealkylation sites (tertiary alicyclic amines) is 1. The zero-order chi connectivity index (χ0) is 20.5. The van der Waals surface area contributed by atoms with Crippen molar-refractivity contribution < 1.29 is 9.47 Å². The van der Waals surface area contributed by atoms with Crippen molar-refractivity contribution in [3.05, 3.63) is 35.4 Å². The quantitative estimate of drug-likeness (QED) is 0.411. The molecule has 0 spiro atoms. The molecule has 2 heterocycles. The molecule has 0 saturated carbocycles. The number of nitrogens with one attached hydrogen (secondary N) is 1. The summed E-state index contributed by atoms with van der Waals surface area (Å²) < 4.78 is 11.1. The Labute approximate surface area is 176 Å². The molecule has 1 unspecified atom stereocenters. The molecule has 1 saturated heterocycles. The second-order valence-corrected chi connectivity index (χ2v) is 8.17. The number of hydrogen-bond donors (Lipinski definition) is 1. The van der Waals surface area contributed by atoms with Crippen LogP contribution in [0.25, 0.3) is 0 Å². The summed E-state index contributed by atoms with van der Waals surface area (Å²) >= 11 is 0. The molecule has 1 atom stereocenters. The lowest BCUT2D eigenvalue weighted by Gasteiger charge is -2.36. The molecule has 0 bridgehead atoms. The minimum absolute atomic E-state index is 0.369. The van der Waals surface area contributed by atoms with E-state index < -0.39 is 0 Å². The number of piperidine rings is 1. The number of benzene rings is 1. The van der Waals surface area contributed by atoms with Gasteiger partial charge in [-0.15, -0.1) is 0 Å². The third-order valence-electron chi connectivity index (χ3n) is 6.14. The van der Waals surface area contributed by atoms with Crippen molar-refractivity contribution in [2.24, 2.45) is 4.99 Å². The molecule has 162 valence electrons. The number of methoxy groups -OCH3 is 1. The lowest BCUT2D eigenvalue weighted by atomic mass is 9.99. The van der Waals surface area contributed by atoms with Crippen LogP contribution in [0, 0.1) is 0 Å². The molecule has 29 heavy (non-hydrogen) atoms. The maximum atomic E-state index is 5.98. The number of rotatable bonds is 8. The molecule has 2 aliphatic heterocycles. The molecular formula is C23H38N4O2. The van der Waals surface area contributed by atoms with Gasteiger partial charge < -0.3 is 19.7 Å². The van der Waals surface area contributed by atoms with Gasteiger partial charge in [-0.25, -0.2) is 0 Å². The Kier molecular flexibility index (Phi) is 8.77. The van der Waals surface area contributed by atoms with Crippen LogP contribution >= 0.6 is 0 Å². The van der Waals surface area contributed by atoms with Gasteiger partial charge in [-0.3, -0.25) is 9.89 Å². The van der Waals surface area contributed by atoms with Crippen molar-refractivity contribution in [1.29, 1.82) is 0 Å². The van der Waals surface area contributed by atoms with Crippen LogP contribution in [0.5, 0.6) is 0 Å². The van der Waals surface area contributed by atoms with Crippen LogP contribution in [0.2, 0.25) is 0 Å². The van der Waals surface area contributed by atoms with E-state index in [2.05, 4.69) is 51.3 Å². The number of hydrogen-bond acceptors (Lipinski definition) is 4. The summed E-state index contributed by atoms with van der Waals surface area (Å²) in [6.07, 6.45) is 4.61. The summed E-state index contributed by atoms with van der Waals surface area (Å²) in [6, 6.07) is 9.31. The van der Waals surface area contributed by atoms with Gasteiger partial charge in [0.2, 0.25) is 0 Å². The van der Waals surface area contributed by atoms with Crippen molar-refractivity contribution in [2.75, 3.05) is 53.6 Å². The zero-order valence-electron chi connectivity index (χ0n) is 18.4. The van der Waals surface area contributed by atoms with Gasteiger partial charge >= 0.3 is 0 Å². The van der Waals surface area contributed by atoms with E-state index in [1.807, 2.05) is 7.05 Å². The molecule has 6 nitrogen and oxygen atoms in total. The lowest BCUT2D eigenvalue weighted by molar-refractivity contribution is 0.00985. The number of nitrogens with zero attached hydrogens (tertiary/aromatic N) is 3. The summed E-state index contributed by atoms with van der Waals surface area (Å²) in [7, 11) is 3.62. The fourth-order valence-corrected chi connectivity index (χ4v) is 4.28. The molecule has 3 rings (SSSR count). The van der Waals surface area contributed by atoms with Crippen LogP contribution in [0.1, 0.15) is 37.3 Å². The van der Waals surface area contributed by atoms with E-state index in [4.69, 9.17) is 9.47 Å². The van der Waals surface area contributed by atoms with Gasteiger partial charge in [0.25, 0.3) is 0 Å². The van der Waals surface area contributed by atoms with Crippen LogP contribution in [-0.4, -0.2) is 81.5 Å². The van der Waals surface area contributed by atoms with E-state index >= 15 is 0 Å². The van der Waals surface area contributed by atoms with Crippen LogP contribution in [-0.2, 0) is 22.4 Å². The summed E-state index contributed by atoms with van der Waals surface area (Å²) in [4.78, 5) is 9.47. The molecule has 0 radical (unpaired) electrons. The normalized spacial score (nSPS) is 19.8. The molecule has 0 amide bonds. The summed E-state index contributed by atoms with van der Waals surface area (Å²) in [5.74, 6) is 1.02. The zero-order valence-corrected chi connectivity index (χ0v) is 18.4. The molecule has 0 aromatic heterocycles. The molecule has 6 heteroatoms. The lowest BCUT2D eigenvalue weighted by Crippen LogP contribution is -2.51. The van der Waals surface area contributed by atoms with Crippen molar-refractivity contribution in [2.45, 2.75) is 51.3 Å². The first-order valence-electron chi connectivity index (χ1n) is 11.1. The fourth-order valence-electron chi connectivity index (χ4n) is 4.28. The Morgan fingerprint density at radius 2 is 1.93 bits per heavy atom. The van der Waals surface area contributed by atoms with Gasteiger partial charge in [-0.05, 0) is 43.7 Å². The molecular weight excluding hydrogens is 364 g/mol. The monoisotopic (exact) mass is 402 g/mol. The third kappa shape index (κ3) is 6.43. The third-order valence-corrected chi connectivity index (χ3v) is 6.14. The molecule has 0 aliphatic carbocycles. The molecule has 1 aromatic rings. The Balaban J connectivity index is 1.39. The van der Waals surface area contributed by atoms with Gasteiger partial charge in [0, 0.05) is 66.1 Å². The number of ether oxygens (including phenoxy) is 2. The van der Waals surface area contributed by atoms with Crippen molar-refractivity contribution >= 4 is 5.96 Å². The highest BCUT2D eigenvalue weighted by atomic mass is 16.5. The molecule has 1 aromatic carbocycles. The number of aliphatic imine (C=N–C) groups is 1. The fraction of sp³-hybridized carbons (Fsp3) is 0.696. The number of guanidine groups is 1. The Morgan fingerprint density at radius 3 is 2.66 bits per heavy atom. The summed E-state index contributed by atoms with van der Waals surface area (Å²) in [6.45, 7) is 8.97. The minimum atomic E-state index is 0.369. The van der Waals surface area contributed by atoms with Gasteiger partial charge in [0.05, 0.1) is 6.10 Å². The predicted molar refractivity (Wildman–Crippen MR) is 118 cm³/mol. The molecule has 1 N–H and O–H groups in total. The molecule has 2 aliphatic rings. The summed E-state index contributed by atoms with van der Waals surface area (Å²) in [5, 5.41) is 3.61. The van der Waals surface area contributed by atoms with Crippen molar-refractivity contribution in [3.8, 4) is 0 Å². The number of fused-ring (bicyclic) bond motifs is 1. The second kappa shape index (κ2) is 11.5. The summed E-state index contributed by atoms with van der Waals surface area (Å²) in [5.41, 5.74) is 2.98. The SMILES string of the molecule is CN=C(NCC(C)N1CCc2ccccc2C1)N1CCC(OCCCOC)CC1. The van der Waals surface area contributed by atoms with E-state index in [1.165, 1.54) is 11.1 Å². The van der Waals surface area contributed by atoms with E-state index in [0.717, 1.165) is 77.6 Å². The maximum absolute atomic E-state index is 5.98. The van der Waals surface area contributed by atoms with Crippen molar-refractivity contribution in [3.63, 3.8) is 0 Å². The van der Waals surface area contributed by atoms with Crippen LogP contribution in [0.3, 0.4) is 0 Å². The van der Waals surface area contributed by atoms with Crippen LogP contribution in [0.15, 0.2) is 29.3 Å². The van der Waals surface area contributed by atoms with Crippen molar-refractivity contribution in [1.82, 2.24) is 15.1 Å². The smallest absolute Gasteiger partial charge is 0.193 e. The first kappa shape index (κ1) is 22.1. The predicted octanol–water partition coefficient (Wildman–Crippen LogP) is 2.53. The van der Waals surface area contributed by atoms with Crippen LogP contribution < -0.4 is 5.32 Å². The maximum Gasteiger partial charge on any atom is 0.193 e. The second-order valence-electron chi connectivity index (χ2n) is 8.17. The Morgan fingerprint density at radius 1 is 1.17 bits per heavy atom. The highest BCUT2D eigenvalue weighted by Gasteiger charge is 2.24. The first-order valence-corrected chi connectivity index (χ1v) is 11.1. The van der Waals surface area contributed by atoms with Gasteiger partial charge in [-0.2, -0.15) is 0 Å². The van der Waals surface area contributed by atoms with Crippen LogP contribution in [0.4, 0.5) is 0 Å². The van der Waals surface area contributed by atoms with E-state index in [1.54, 1.807) is 7.11 Å². The van der Waals surface area contributed by atoms with E-state index in [9.17, 15) is 0 Å². The van der Waals surface area contributed by atoms with Gasteiger partial charge in [0.15, 0.2) is 5.96 Å². The highest BCUT2D eigenvalue weighted by molar-refractivity contribution is 5.80. The van der Waals surface area contributed by atoms with E-state index in [0.29, 0.717) is 12.1 Å². The topological polar surface area (TPSA) is 49.3 Å². The van der Waals surface area contributed by atoms with Gasteiger partial charge in [0.1, 0.15) is 0 Å². The Hall–Kier alpha value is -1.63. The Bertz CT molecular complexity index is 644. The minimum Gasteiger partial charge on any atom is -0.385 e. The average molecular weight is 403 g/mol. The largest absolute Gasteiger partial charge is 0.385 e. The highest BCUT2D eigenvalue weighted by Crippen LogP contribution is 2.20. The standard InChI is InChI=1S/C23H38N4O2/c1-19(27-12-9-20-7-4-5-8-21(20)18-27)17-25-23(24-2)26-13-10-22(11-14-26)29-16-6-15-28-3/h4-5,7-8,19,22H,6,9-18H2,1-3H3,(H,24,25). The first-order chi connectivity index (χ1) is 14.2.